The van der Waals surface area contributed by atoms with Gasteiger partial charge < -0.3 is 4.90 Å². The van der Waals surface area contributed by atoms with E-state index in [4.69, 9.17) is 4.98 Å². The fraction of sp³-hybridized carbons (Fsp3) is 0.435. The predicted octanol–water partition coefficient (Wildman–Crippen LogP) is 4.07. The van der Waals surface area contributed by atoms with Gasteiger partial charge in [-0.25, -0.2) is 9.97 Å². The van der Waals surface area contributed by atoms with Gasteiger partial charge in [0.15, 0.2) is 0 Å². The van der Waals surface area contributed by atoms with Crippen LogP contribution in [0.15, 0.2) is 42.7 Å². The summed E-state index contributed by atoms with van der Waals surface area (Å²) in [5.41, 5.74) is 6.01. The van der Waals surface area contributed by atoms with Crippen molar-refractivity contribution in [1.82, 2.24) is 24.6 Å². The van der Waals surface area contributed by atoms with Crippen LogP contribution in [-0.4, -0.2) is 45.3 Å². The largest absolute Gasteiger partial charge is 0.347 e. The smallest absolute Gasteiger partial charge is 0.225 e. The Hall–Kier alpha value is -2.73. The molecule has 1 aliphatic heterocycles. The monoisotopic (exact) mass is 390 g/mol. The van der Waals surface area contributed by atoms with Crippen molar-refractivity contribution in [1.29, 1.82) is 0 Å². The third-order valence-corrected chi connectivity index (χ3v) is 5.85. The van der Waals surface area contributed by atoms with Gasteiger partial charge >= 0.3 is 0 Å². The van der Waals surface area contributed by atoms with Crippen LogP contribution in [0.2, 0.25) is 0 Å². The minimum atomic E-state index is 0.288. The van der Waals surface area contributed by atoms with Crippen LogP contribution < -0.4 is 4.90 Å². The molecule has 1 aromatic carbocycles. The Morgan fingerprint density at radius 1 is 1.14 bits per heavy atom. The number of likely N-dealkylation sites (tertiary alicyclic amines) is 1. The maximum absolute atomic E-state index is 5.02. The molecule has 29 heavy (non-hydrogen) atoms. The Balaban J connectivity index is 1.71. The van der Waals surface area contributed by atoms with Crippen LogP contribution in [0.5, 0.6) is 0 Å². The van der Waals surface area contributed by atoms with Gasteiger partial charge in [-0.2, -0.15) is 5.10 Å². The molecule has 1 saturated heterocycles. The lowest BCUT2D eigenvalue weighted by molar-refractivity contribution is 0.244. The second-order valence-corrected chi connectivity index (χ2v) is 7.93. The topological polar surface area (TPSA) is 50.1 Å². The Bertz CT molecular complexity index is 963. The van der Waals surface area contributed by atoms with Crippen LogP contribution in [0, 0.1) is 6.92 Å². The van der Waals surface area contributed by atoms with Gasteiger partial charge in [-0.05, 0) is 38.8 Å². The van der Waals surface area contributed by atoms with Gasteiger partial charge in [-0.15, -0.1) is 0 Å². The lowest BCUT2D eigenvalue weighted by Gasteiger charge is -2.26. The van der Waals surface area contributed by atoms with Gasteiger partial charge in [0.25, 0.3) is 0 Å². The molecule has 6 heteroatoms. The normalized spacial score (nSPS) is 17.0. The van der Waals surface area contributed by atoms with Crippen LogP contribution in [0.4, 0.5) is 5.95 Å². The summed E-state index contributed by atoms with van der Waals surface area (Å²) in [4.78, 5) is 14.2. The lowest BCUT2D eigenvalue weighted by atomic mass is 9.99. The molecule has 152 valence electrons. The molecule has 0 aliphatic carbocycles. The van der Waals surface area contributed by atoms with Crippen LogP contribution in [0.25, 0.3) is 11.1 Å². The Morgan fingerprint density at radius 2 is 1.93 bits per heavy atom. The Morgan fingerprint density at radius 3 is 2.62 bits per heavy atom. The summed E-state index contributed by atoms with van der Waals surface area (Å²) in [6, 6.07) is 10.8. The molecule has 0 spiro atoms. The summed E-state index contributed by atoms with van der Waals surface area (Å²) in [7, 11) is 3.99. The van der Waals surface area contributed by atoms with Crippen LogP contribution in [-0.2, 0) is 13.1 Å². The molecule has 0 amide bonds. The zero-order valence-electron chi connectivity index (χ0n) is 17.8. The highest BCUT2D eigenvalue weighted by atomic mass is 15.3. The quantitative estimate of drug-likeness (QED) is 0.635. The molecule has 0 bridgehead atoms. The SMILES string of the molecule is CCn1ncc(CN2CCC[C@H]2c2nc(N(C)C)ncc2-c2ccccc2)c1C. The van der Waals surface area contributed by atoms with Crippen molar-refractivity contribution in [3.63, 3.8) is 0 Å². The maximum atomic E-state index is 5.02. The summed E-state index contributed by atoms with van der Waals surface area (Å²) in [5.74, 6) is 0.765. The van der Waals surface area contributed by atoms with Crippen molar-refractivity contribution in [2.24, 2.45) is 0 Å². The van der Waals surface area contributed by atoms with E-state index < -0.39 is 0 Å². The molecule has 0 radical (unpaired) electrons. The van der Waals surface area contributed by atoms with Gasteiger partial charge in [0.05, 0.1) is 17.9 Å². The Kier molecular flexibility index (Phi) is 5.62. The number of anilines is 1. The molecule has 1 atom stereocenters. The molecule has 1 fully saturated rings. The van der Waals surface area contributed by atoms with E-state index >= 15 is 0 Å². The minimum absolute atomic E-state index is 0.288. The molecule has 0 N–H and O–H groups in total. The van der Waals surface area contributed by atoms with Crippen LogP contribution in [0.3, 0.4) is 0 Å². The molecule has 2 aromatic heterocycles. The van der Waals surface area contributed by atoms with Gasteiger partial charge in [-0.1, -0.05) is 30.3 Å². The third kappa shape index (κ3) is 3.90. The summed E-state index contributed by atoms with van der Waals surface area (Å²) in [5, 5.41) is 4.53. The zero-order chi connectivity index (χ0) is 20.4. The average molecular weight is 391 g/mol. The summed E-state index contributed by atoms with van der Waals surface area (Å²) in [6.07, 6.45) is 6.31. The van der Waals surface area contributed by atoms with Crippen LogP contribution in [0.1, 0.15) is 42.8 Å². The molecule has 4 rings (SSSR count). The van der Waals surface area contributed by atoms with Crippen molar-refractivity contribution >= 4 is 5.95 Å². The fourth-order valence-electron chi connectivity index (χ4n) is 4.20. The summed E-state index contributed by atoms with van der Waals surface area (Å²) >= 11 is 0. The molecule has 0 unspecified atom stereocenters. The van der Waals surface area contributed by atoms with Crippen molar-refractivity contribution in [2.75, 3.05) is 25.5 Å². The number of benzene rings is 1. The number of rotatable bonds is 6. The second kappa shape index (κ2) is 8.33. The van der Waals surface area contributed by atoms with E-state index in [1.165, 1.54) is 23.2 Å². The fourth-order valence-corrected chi connectivity index (χ4v) is 4.20. The number of nitrogens with zero attached hydrogens (tertiary/aromatic N) is 6. The molecular weight excluding hydrogens is 360 g/mol. The minimum Gasteiger partial charge on any atom is -0.347 e. The van der Waals surface area contributed by atoms with E-state index in [0.717, 1.165) is 43.3 Å². The van der Waals surface area contributed by atoms with Crippen LogP contribution >= 0.6 is 0 Å². The highest BCUT2D eigenvalue weighted by Crippen LogP contribution is 2.38. The van der Waals surface area contributed by atoms with Gasteiger partial charge in [0.1, 0.15) is 0 Å². The highest BCUT2D eigenvalue weighted by Gasteiger charge is 2.30. The number of aromatic nitrogens is 4. The Labute approximate surface area is 173 Å². The van der Waals surface area contributed by atoms with Crippen molar-refractivity contribution in [3.8, 4) is 11.1 Å². The van der Waals surface area contributed by atoms with E-state index in [9.17, 15) is 0 Å². The number of hydrogen-bond donors (Lipinski definition) is 0. The van der Waals surface area contributed by atoms with Gasteiger partial charge in [-0.3, -0.25) is 9.58 Å². The highest BCUT2D eigenvalue weighted by molar-refractivity contribution is 5.66. The molecular formula is C23H30N6. The van der Waals surface area contributed by atoms with Gasteiger partial charge in [0.2, 0.25) is 5.95 Å². The molecule has 3 heterocycles. The maximum Gasteiger partial charge on any atom is 0.225 e. The molecule has 6 nitrogen and oxygen atoms in total. The number of aryl methyl sites for hydroxylation is 1. The third-order valence-electron chi connectivity index (χ3n) is 5.85. The first-order valence-electron chi connectivity index (χ1n) is 10.4. The lowest BCUT2D eigenvalue weighted by Crippen LogP contribution is -2.25. The molecule has 0 saturated carbocycles. The van der Waals surface area contributed by atoms with E-state index in [0.29, 0.717) is 0 Å². The standard InChI is InChI=1S/C23H30N6/c1-5-29-17(2)19(14-25-29)16-28-13-9-12-21(28)22-20(18-10-7-6-8-11-18)15-24-23(26-22)27(3)4/h6-8,10-11,14-15,21H,5,9,12-13,16H2,1-4H3/t21-/m0/s1. The van der Waals surface area contributed by atoms with E-state index in [1.54, 1.807) is 0 Å². The van der Waals surface area contributed by atoms with Gasteiger partial charge in [0, 0.05) is 50.2 Å². The van der Waals surface area contributed by atoms with Crippen molar-refractivity contribution in [2.45, 2.75) is 45.8 Å². The second-order valence-electron chi connectivity index (χ2n) is 7.93. The first kappa shape index (κ1) is 19.6. The molecule has 3 aromatic rings. The average Bonchev–Trinajstić information content (AvgIpc) is 3.35. The van der Waals surface area contributed by atoms with E-state index in [1.807, 2.05) is 37.5 Å². The first-order chi connectivity index (χ1) is 14.1. The molecule has 1 aliphatic rings. The van der Waals surface area contributed by atoms with Crippen molar-refractivity contribution in [3.05, 3.63) is 59.7 Å². The summed E-state index contributed by atoms with van der Waals surface area (Å²) in [6.45, 7) is 7.20. The first-order valence-corrected chi connectivity index (χ1v) is 10.4. The number of hydrogen-bond acceptors (Lipinski definition) is 5. The zero-order valence-corrected chi connectivity index (χ0v) is 17.8. The predicted molar refractivity (Wildman–Crippen MR) is 117 cm³/mol. The van der Waals surface area contributed by atoms with E-state index in [-0.39, 0.29) is 6.04 Å². The summed E-state index contributed by atoms with van der Waals surface area (Å²) < 4.78 is 2.07. The van der Waals surface area contributed by atoms with E-state index in [2.05, 4.69) is 57.8 Å². The van der Waals surface area contributed by atoms with Crippen molar-refractivity contribution < 1.29 is 0 Å².